The van der Waals surface area contributed by atoms with Crippen molar-refractivity contribution >= 4 is 27.7 Å². The molecule has 3 rings (SSSR count). The van der Waals surface area contributed by atoms with E-state index in [-0.39, 0.29) is 5.91 Å². The molecule has 0 radical (unpaired) electrons. The highest BCUT2D eigenvalue weighted by Gasteiger charge is 2.21. The van der Waals surface area contributed by atoms with Gasteiger partial charge in [0.1, 0.15) is 12.4 Å². The van der Waals surface area contributed by atoms with Crippen LogP contribution in [0.4, 0.5) is 5.69 Å². The van der Waals surface area contributed by atoms with Crippen LogP contribution >= 0.6 is 0 Å². The zero-order chi connectivity index (χ0) is 17.9. The SMILES string of the molecule is CN1CCOc2ccc(NS(=O)(=O)/C=C/c3ccccc3)cc2C1=O. The minimum absolute atomic E-state index is 0.201. The summed E-state index contributed by atoms with van der Waals surface area (Å²) in [5, 5.41) is 1.10. The predicted molar refractivity (Wildman–Crippen MR) is 96.9 cm³/mol. The van der Waals surface area contributed by atoms with Crippen molar-refractivity contribution in [1.82, 2.24) is 4.90 Å². The third-order valence-electron chi connectivity index (χ3n) is 3.74. The van der Waals surface area contributed by atoms with Gasteiger partial charge in [-0.15, -0.1) is 0 Å². The topological polar surface area (TPSA) is 75.7 Å². The molecular weight excluding hydrogens is 340 g/mol. The summed E-state index contributed by atoms with van der Waals surface area (Å²) >= 11 is 0. The summed E-state index contributed by atoms with van der Waals surface area (Å²) in [5.74, 6) is 0.255. The number of hydrogen-bond donors (Lipinski definition) is 1. The summed E-state index contributed by atoms with van der Waals surface area (Å²) in [6.45, 7) is 0.883. The van der Waals surface area contributed by atoms with E-state index < -0.39 is 10.0 Å². The zero-order valence-corrected chi connectivity index (χ0v) is 14.5. The second-order valence-corrected chi connectivity index (χ2v) is 7.21. The molecule has 1 aliphatic rings. The van der Waals surface area contributed by atoms with Crippen molar-refractivity contribution in [3.63, 3.8) is 0 Å². The first-order chi connectivity index (χ1) is 11.9. The molecule has 1 amide bonds. The average Bonchev–Trinajstić information content (AvgIpc) is 2.74. The Bertz CT molecular complexity index is 908. The maximum absolute atomic E-state index is 12.3. The van der Waals surface area contributed by atoms with Gasteiger partial charge in [-0.25, -0.2) is 8.42 Å². The Morgan fingerprint density at radius 3 is 2.68 bits per heavy atom. The fourth-order valence-electron chi connectivity index (χ4n) is 2.42. The van der Waals surface area contributed by atoms with E-state index in [1.165, 1.54) is 12.1 Å². The Morgan fingerprint density at radius 2 is 1.92 bits per heavy atom. The highest BCUT2D eigenvalue weighted by Crippen LogP contribution is 2.26. The number of sulfonamides is 1. The van der Waals surface area contributed by atoms with Gasteiger partial charge >= 0.3 is 0 Å². The molecule has 1 aliphatic heterocycles. The van der Waals surface area contributed by atoms with Crippen LogP contribution in [0.3, 0.4) is 0 Å². The van der Waals surface area contributed by atoms with E-state index in [0.29, 0.717) is 30.2 Å². The van der Waals surface area contributed by atoms with Gasteiger partial charge in [-0.05, 0) is 29.8 Å². The number of likely N-dealkylation sites (N-methyl/N-ethyl adjacent to an activating group) is 1. The average molecular weight is 358 g/mol. The molecule has 0 saturated carbocycles. The van der Waals surface area contributed by atoms with Gasteiger partial charge in [-0.1, -0.05) is 30.3 Å². The van der Waals surface area contributed by atoms with Crippen molar-refractivity contribution in [3.05, 3.63) is 65.1 Å². The lowest BCUT2D eigenvalue weighted by Gasteiger charge is -2.13. The molecule has 6 nitrogen and oxygen atoms in total. The lowest BCUT2D eigenvalue weighted by molar-refractivity contribution is 0.0796. The van der Waals surface area contributed by atoms with E-state index in [1.54, 1.807) is 36.2 Å². The maximum atomic E-state index is 12.3. The van der Waals surface area contributed by atoms with Gasteiger partial charge in [0.2, 0.25) is 0 Å². The highest BCUT2D eigenvalue weighted by atomic mass is 32.2. The highest BCUT2D eigenvalue weighted by molar-refractivity contribution is 7.95. The molecule has 0 aliphatic carbocycles. The number of carbonyl (C=O) groups excluding carboxylic acids is 1. The van der Waals surface area contributed by atoms with Crippen molar-refractivity contribution in [2.24, 2.45) is 0 Å². The Morgan fingerprint density at radius 1 is 1.16 bits per heavy atom. The zero-order valence-electron chi connectivity index (χ0n) is 13.7. The molecule has 2 aromatic carbocycles. The van der Waals surface area contributed by atoms with Crippen molar-refractivity contribution in [2.75, 3.05) is 24.9 Å². The van der Waals surface area contributed by atoms with Crippen LogP contribution in [0.15, 0.2) is 53.9 Å². The first kappa shape index (κ1) is 17.0. The van der Waals surface area contributed by atoms with Gasteiger partial charge in [0.25, 0.3) is 15.9 Å². The first-order valence-electron chi connectivity index (χ1n) is 7.73. The smallest absolute Gasteiger partial charge is 0.257 e. The minimum atomic E-state index is -3.70. The first-order valence-corrected chi connectivity index (χ1v) is 9.27. The second kappa shape index (κ2) is 6.98. The number of nitrogens with one attached hydrogen (secondary N) is 1. The number of rotatable bonds is 4. The van der Waals surface area contributed by atoms with Crippen LogP contribution in [0.2, 0.25) is 0 Å². The molecule has 1 N–H and O–H groups in total. The minimum Gasteiger partial charge on any atom is -0.491 e. The number of ether oxygens (including phenoxy) is 1. The number of amides is 1. The van der Waals surface area contributed by atoms with E-state index in [2.05, 4.69) is 4.72 Å². The fraction of sp³-hybridized carbons (Fsp3) is 0.167. The number of benzene rings is 2. The molecule has 1 heterocycles. The van der Waals surface area contributed by atoms with Gasteiger partial charge in [0.15, 0.2) is 0 Å². The van der Waals surface area contributed by atoms with Gasteiger partial charge in [0, 0.05) is 12.7 Å². The summed E-state index contributed by atoms with van der Waals surface area (Å²) in [6, 6.07) is 13.8. The molecule has 0 bridgehead atoms. The monoisotopic (exact) mass is 358 g/mol. The van der Waals surface area contributed by atoms with Gasteiger partial charge in [0.05, 0.1) is 17.5 Å². The van der Waals surface area contributed by atoms with Gasteiger partial charge < -0.3 is 9.64 Å². The van der Waals surface area contributed by atoms with E-state index in [0.717, 1.165) is 11.0 Å². The van der Waals surface area contributed by atoms with Crippen LogP contribution < -0.4 is 9.46 Å². The molecule has 0 aromatic heterocycles. The molecule has 0 saturated heterocycles. The summed E-state index contributed by atoms with van der Waals surface area (Å²) in [5.41, 5.74) is 1.43. The third kappa shape index (κ3) is 4.19. The van der Waals surface area contributed by atoms with Crippen LogP contribution in [0, 0.1) is 0 Å². The molecule has 25 heavy (non-hydrogen) atoms. The Kier molecular flexibility index (Phi) is 4.76. The van der Waals surface area contributed by atoms with Gasteiger partial charge in [-0.2, -0.15) is 0 Å². The Balaban J connectivity index is 1.82. The summed E-state index contributed by atoms with van der Waals surface area (Å²) in [6.07, 6.45) is 1.51. The van der Waals surface area contributed by atoms with E-state index in [9.17, 15) is 13.2 Å². The number of anilines is 1. The van der Waals surface area contributed by atoms with Crippen molar-refractivity contribution < 1.29 is 17.9 Å². The molecule has 0 unspecified atom stereocenters. The van der Waals surface area contributed by atoms with Gasteiger partial charge in [-0.3, -0.25) is 9.52 Å². The molecule has 7 heteroatoms. The fourth-order valence-corrected chi connectivity index (χ4v) is 3.28. The van der Waals surface area contributed by atoms with Crippen LogP contribution in [-0.4, -0.2) is 39.4 Å². The van der Waals surface area contributed by atoms with Crippen LogP contribution in [0.5, 0.6) is 5.75 Å². The second-order valence-electron chi connectivity index (χ2n) is 5.65. The Labute approximate surface area is 146 Å². The normalized spacial score (nSPS) is 14.8. The summed E-state index contributed by atoms with van der Waals surface area (Å²) < 4.78 is 32.4. The van der Waals surface area contributed by atoms with Crippen LogP contribution in [0.1, 0.15) is 15.9 Å². The van der Waals surface area contributed by atoms with Crippen LogP contribution in [-0.2, 0) is 10.0 Å². The standard InChI is InChI=1S/C18H18N2O4S/c1-20-10-11-24-17-8-7-15(13-16(17)18(20)21)19-25(22,23)12-9-14-5-3-2-4-6-14/h2-9,12-13,19H,10-11H2,1H3/b12-9+. The van der Waals surface area contributed by atoms with Crippen molar-refractivity contribution in [1.29, 1.82) is 0 Å². The number of nitrogens with zero attached hydrogens (tertiary/aromatic N) is 1. The summed E-state index contributed by atoms with van der Waals surface area (Å²) in [4.78, 5) is 13.9. The quantitative estimate of drug-likeness (QED) is 0.911. The maximum Gasteiger partial charge on any atom is 0.257 e. The molecule has 2 aromatic rings. The van der Waals surface area contributed by atoms with E-state index in [4.69, 9.17) is 4.74 Å². The molecule has 0 atom stereocenters. The summed E-state index contributed by atoms with van der Waals surface area (Å²) in [7, 11) is -2.01. The number of hydrogen-bond acceptors (Lipinski definition) is 4. The lowest BCUT2D eigenvalue weighted by Crippen LogP contribution is -2.27. The molecule has 0 fully saturated rings. The largest absolute Gasteiger partial charge is 0.491 e. The Hall–Kier alpha value is -2.80. The van der Waals surface area contributed by atoms with E-state index >= 15 is 0 Å². The number of fused-ring (bicyclic) bond motifs is 1. The lowest BCUT2D eigenvalue weighted by atomic mass is 10.1. The number of carbonyl (C=O) groups is 1. The molecule has 0 spiro atoms. The van der Waals surface area contributed by atoms with Crippen LogP contribution in [0.25, 0.3) is 6.08 Å². The predicted octanol–water partition coefficient (Wildman–Crippen LogP) is 2.56. The molecule has 130 valence electrons. The van der Waals surface area contributed by atoms with Crippen molar-refractivity contribution in [2.45, 2.75) is 0 Å². The molecular formula is C18H18N2O4S. The van der Waals surface area contributed by atoms with E-state index in [1.807, 2.05) is 18.2 Å². The van der Waals surface area contributed by atoms with Crippen molar-refractivity contribution in [3.8, 4) is 5.75 Å². The third-order valence-corrected chi connectivity index (χ3v) is 4.75.